The Hall–Kier alpha value is -2.54. The van der Waals surface area contributed by atoms with Gasteiger partial charge in [0.2, 0.25) is 0 Å². The van der Waals surface area contributed by atoms with Crippen molar-refractivity contribution in [1.29, 1.82) is 0 Å². The molecule has 0 bridgehead atoms. The Balaban J connectivity index is 1.35. The van der Waals surface area contributed by atoms with E-state index < -0.39 is 6.10 Å². The summed E-state index contributed by atoms with van der Waals surface area (Å²) in [6.07, 6.45) is 7.62. The van der Waals surface area contributed by atoms with Gasteiger partial charge in [0.15, 0.2) is 0 Å². The summed E-state index contributed by atoms with van der Waals surface area (Å²) < 4.78 is 25.3. The molecule has 2 fully saturated rings. The number of aliphatic hydroxyl groups is 1. The standard InChI is InChI=1S/C30H38FNO4/c1-3-35-29(34)15-14-23-7-4-5-9-27(23)30(24-12-13-24)36-20-26(33)19-32-16-6-8-25(32)17-22-11-10-21(2)28(31)18-22/h4-5,7,9-11,14-15,18,24-26,30,33H,3,6,8,12-13,16-17,19-20H2,1-2H3/t25-,26+,30-/m0/s1. The molecule has 3 atom stereocenters. The van der Waals surface area contributed by atoms with Crippen LogP contribution < -0.4 is 0 Å². The fourth-order valence-electron chi connectivity index (χ4n) is 5.09. The first-order valence-corrected chi connectivity index (χ1v) is 13.2. The SMILES string of the molecule is CCOC(=O)C=Cc1ccccc1[C@@H](OC[C@H](O)CN1CCC[C@H]1Cc1ccc(C)c(F)c1)C1CC1. The van der Waals surface area contributed by atoms with Crippen molar-refractivity contribution < 1.29 is 23.8 Å². The third-order valence-corrected chi connectivity index (χ3v) is 7.16. The molecule has 194 valence electrons. The fourth-order valence-corrected chi connectivity index (χ4v) is 5.09. The van der Waals surface area contributed by atoms with E-state index in [0.717, 1.165) is 55.3 Å². The fraction of sp³-hybridized carbons (Fsp3) is 0.500. The van der Waals surface area contributed by atoms with Crippen LogP contribution in [0.4, 0.5) is 4.39 Å². The Kier molecular flexibility index (Phi) is 9.30. The molecule has 2 aromatic rings. The number of carbonyl (C=O) groups is 1. The first-order chi connectivity index (χ1) is 17.4. The van der Waals surface area contributed by atoms with E-state index in [9.17, 15) is 14.3 Å². The molecule has 36 heavy (non-hydrogen) atoms. The second-order valence-corrected chi connectivity index (χ2v) is 10.0. The Morgan fingerprint density at radius 2 is 2.03 bits per heavy atom. The van der Waals surface area contributed by atoms with E-state index in [-0.39, 0.29) is 24.5 Å². The van der Waals surface area contributed by atoms with Crippen molar-refractivity contribution in [3.63, 3.8) is 0 Å². The number of carbonyl (C=O) groups excluding carboxylic acids is 1. The predicted molar refractivity (Wildman–Crippen MR) is 139 cm³/mol. The van der Waals surface area contributed by atoms with Crippen molar-refractivity contribution in [2.45, 2.75) is 64.2 Å². The average Bonchev–Trinajstić information content (AvgIpc) is 3.61. The minimum absolute atomic E-state index is 0.118. The van der Waals surface area contributed by atoms with Gasteiger partial charge in [-0.1, -0.05) is 36.4 Å². The van der Waals surface area contributed by atoms with Gasteiger partial charge < -0.3 is 14.6 Å². The van der Waals surface area contributed by atoms with E-state index in [4.69, 9.17) is 9.47 Å². The minimum Gasteiger partial charge on any atom is -0.463 e. The molecule has 0 radical (unpaired) electrons. The number of hydrogen-bond donors (Lipinski definition) is 1. The van der Waals surface area contributed by atoms with Crippen LogP contribution in [-0.2, 0) is 20.7 Å². The number of aliphatic hydroxyl groups excluding tert-OH is 1. The van der Waals surface area contributed by atoms with Gasteiger partial charge in [-0.25, -0.2) is 9.18 Å². The molecule has 5 nitrogen and oxygen atoms in total. The number of halogens is 1. The number of rotatable bonds is 12. The Labute approximate surface area is 213 Å². The number of ether oxygens (including phenoxy) is 2. The van der Waals surface area contributed by atoms with E-state index in [2.05, 4.69) is 4.90 Å². The average molecular weight is 496 g/mol. The highest BCUT2D eigenvalue weighted by Gasteiger charge is 2.35. The molecule has 1 heterocycles. The van der Waals surface area contributed by atoms with E-state index in [0.29, 0.717) is 30.7 Å². The third-order valence-electron chi connectivity index (χ3n) is 7.16. The molecule has 0 spiro atoms. The summed E-state index contributed by atoms with van der Waals surface area (Å²) in [5, 5.41) is 10.9. The lowest BCUT2D eigenvalue weighted by Crippen LogP contribution is -2.39. The number of benzene rings is 2. The lowest BCUT2D eigenvalue weighted by Gasteiger charge is -2.28. The zero-order valence-corrected chi connectivity index (χ0v) is 21.4. The summed E-state index contributed by atoms with van der Waals surface area (Å²) in [4.78, 5) is 14.1. The number of likely N-dealkylation sites (tertiary alicyclic amines) is 1. The van der Waals surface area contributed by atoms with Crippen LogP contribution in [-0.4, -0.2) is 54.4 Å². The number of hydrogen-bond acceptors (Lipinski definition) is 5. The normalized spacial score (nSPS) is 20.1. The highest BCUT2D eigenvalue weighted by atomic mass is 19.1. The van der Waals surface area contributed by atoms with Crippen molar-refractivity contribution in [3.05, 3.63) is 76.6 Å². The third kappa shape index (κ3) is 7.25. The number of esters is 1. The van der Waals surface area contributed by atoms with Gasteiger partial charge in [-0.2, -0.15) is 0 Å². The maximum atomic E-state index is 14.0. The summed E-state index contributed by atoms with van der Waals surface area (Å²) in [7, 11) is 0. The second-order valence-electron chi connectivity index (χ2n) is 10.0. The van der Waals surface area contributed by atoms with Crippen LogP contribution >= 0.6 is 0 Å². The molecule has 2 aliphatic rings. The maximum absolute atomic E-state index is 14.0. The molecule has 1 saturated carbocycles. The maximum Gasteiger partial charge on any atom is 0.330 e. The van der Waals surface area contributed by atoms with Crippen molar-refractivity contribution in [1.82, 2.24) is 4.90 Å². The Bertz CT molecular complexity index is 1050. The summed E-state index contributed by atoms with van der Waals surface area (Å²) in [6, 6.07) is 13.7. The van der Waals surface area contributed by atoms with Crippen LogP contribution in [0.1, 0.15) is 61.0 Å². The number of β-amino-alcohol motifs (C(OH)–C–C–N with tert-alkyl or cyclic N) is 1. The van der Waals surface area contributed by atoms with Crippen molar-refractivity contribution >= 4 is 12.0 Å². The molecule has 0 amide bonds. The highest BCUT2D eigenvalue weighted by molar-refractivity contribution is 5.87. The number of aryl methyl sites for hydroxylation is 1. The molecule has 1 saturated heterocycles. The van der Waals surface area contributed by atoms with E-state index in [1.54, 1.807) is 26.0 Å². The molecule has 1 aliphatic carbocycles. The largest absolute Gasteiger partial charge is 0.463 e. The van der Waals surface area contributed by atoms with Gasteiger partial charge in [-0.3, -0.25) is 4.90 Å². The quantitative estimate of drug-likeness (QED) is 0.322. The van der Waals surface area contributed by atoms with Gasteiger partial charge in [0.25, 0.3) is 0 Å². The molecule has 1 N–H and O–H groups in total. The predicted octanol–water partition coefficient (Wildman–Crippen LogP) is 5.25. The smallest absolute Gasteiger partial charge is 0.330 e. The topological polar surface area (TPSA) is 59.0 Å². The first kappa shape index (κ1) is 26.5. The second kappa shape index (κ2) is 12.6. The van der Waals surface area contributed by atoms with Gasteiger partial charge in [0, 0.05) is 18.7 Å². The molecular weight excluding hydrogens is 457 g/mol. The van der Waals surface area contributed by atoms with Gasteiger partial charge in [0.05, 0.1) is 25.4 Å². The van der Waals surface area contributed by atoms with E-state index in [1.165, 1.54) is 6.08 Å². The summed E-state index contributed by atoms with van der Waals surface area (Å²) in [5.74, 6) is -0.0977. The van der Waals surface area contributed by atoms with Gasteiger partial charge >= 0.3 is 5.97 Å². The van der Waals surface area contributed by atoms with Crippen LogP contribution in [0.2, 0.25) is 0 Å². The summed E-state index contributed by atoms with van der Waals surface area (Å²) in [5.41, 5.74) is 3.63. The molecule has 2 aromatic carbocycles. The Morgan fingerprint density at radius 3 is 2.78 bits per heavy atom. The minimum atomic E-state index is -0.608. The van der Waals surface area contributed by atoms with Gasteiger partial charge in [-0.05, 0) is 92.8 Å². The number of nitrogens with zero attached hydrogens (tertiary/aromatic N) is 1. The Morgan fingerprint density at radius 1 is 1.22 bits per heavy atom. The lowest BCUT2D eigenvalue weighted by atomic mass is 9.98. The molecule has 0 aromatic heterocycles. The van der Waals surface area contributed by atoms with Crippen molar-refractivity contribution in [2.24, 2.45) is 5.92 Å². The first-order valence-electron chi connectivity index (χ1n) is 13.2. The van der Waals surface area contributed by atoms with Crippen molar-refractivity contribution in [3.8, 4) is 0 Å². The molecule has 6 heteroatoms. The summed E-state index contributed by atoms with van der Waals surface area (Å²) >= 11 is 0. The van der Waals surface area contributed by atoms with Crippen LogP contribution in [0.15, 0.2) is 48.5 Å². The van der Waals surface area contributed by atoms with Crippen LogP contribution in [0.5, 0.6) is 0 Å². The highest BCUT2D eigenvalue weighted by Crippen LogP contribution is 2.44. The lowest BCUT2D eigenvalue weighted by molar-refractivity contribution is -0.137. The monoisotopic (exact) mass is 495 g/mol. The van der Waals surface area contributed by atoms with Crippen LogP contribution in [0.3, 0.4) is 0 Å². The van der Waals surface area contributed by atoms with Gasteiger partial charge in [0.1, 0.15) is 5.82 Å². The van der Waals surface area contributed by atoms with Gasteiger partial charge in [-0.15, -0.1) is 0 Å². The molecular formula is C30H38FNO4. The van der Waals surface area contributed by atoms with E-state index in [1.807, 2.05) is 36.4 Å². The van der Waals surface area contributed by atoms with Crippen LogP contribution in [0, 0.1) is 18.7 Å². The zero-order valence-electron chi connectivity index (χ0n) is 21.4. The molecule has 0 unspecified atom stereocenters. The zero-order chi connectivity index (χ0) is 25.5. The van der Waals surface area contributed by atoms with Crippen molar-refractivity contribution in [2.75, 3.05) is 26.3 Å². The van der Waals surface area contributed by atoms with Crippen LogP contribution in [0.25, 0.3) is 6.08 Å². The molecule has 4 rings (SSSR count). The molecule has 1 aliphatic heterocycles. The summed E-state index contributed by atoms with van der Waals surface area (Å²) in [6.45, 7) is 5.64. The van der Waals surface area contributed by atoms with E-state index >= 15 is 0 Å².